The summed E-state index contributed by atoms with van der Waals surface area (Å²) in [5.41, 5.74) is 0.826. The molecule has 0 fully saturated rings. The van der Waals surface area contributed by atoms with Gasteiger partial charge >= 0.3 is 5.97 Å². The highest BCUT2D eigenvalue weighted by Gasteiger charge is 2.01. The van der Waals surface area contributed by atoms with Crippen molar-refractivity contribution in [3.05, 3.63) is 23.8 Å². The second-order valence-electron chi connectivity index (χ2n) is 4.10. The van der Waals surface area contributed by atoms with Crippen molar-refractivity contribution in [2.45, 2.75) is 40.2 Å². The molecule has 0 bridgehead atoms. The zero-order valence-electron chi connectivity index (χ0n) is 11.6. The van der Waals surface area contributed by atoms with Gasteiger partial charge in [0.2, 0.25) is 0 Å². The second kappa shape index (κ2) is 9.59. The molecule has 0 aromatic heterocycles. The molecule has 0 aliphatic carbocycles. The molecule has 1 unspecified atom stereocenters. The molecule has 0 spiro atoms. The van der Waals surface area contributed by atoms with Gasteiger partial charge in [0.15, 0.2) is 5.78 Å². The molecule has 0 aromatic rings. The Kier molecular flexibility index (Phi) is 8.84. The van der Waals surface area contributed by atoms with Crippen molar-refractivity contribution in [2.24, 2.45) is 0 Å². The molecule has 1 atom stereocenters. The van der Waals surface area contributed by atoms with E-state index in [4.69, 9.17) is 9.47 Å². The van der Waals surface area contributed by atoms with Gasteiger partial charge in [-0.1, -0.05) is 12.2 Å². The van der Waals surface area contributed by atoms with Crippen LogP contribution in [0.25, 0.3) is 0 Å². The minimum atomic E-state index is -0.333. The number of esters is 1. The van der Waals surface area contributed by atoms with Gasteiger partial charge in [-0.25, -0.2) is 4.79 Å². The SMILES string of the molecule is CCOC(=O)C=C(C)C=CCC(C)OCC(C)=O. The molecule has 18 heavy (non-hydrogen) atoms. The zero-order chi connectivity index (χ0) is 14.0. The fraction of sp³-hybridized carbons (Fsp3) is 0.571. The van der Waals surface area contributed by atoms with Gasteiger partial charge in [-0.3, -0.25) is 4.79 Å². The topological polar surface area (TPSA) is 52.6 Å². The third-order valence-electron chi connectivity index (χ3n) is 2.05. The summed E-state index contributed by atoms with van der Waals surface area (Å²) in [6, 6.07) is 0. The van der Waals surface area contributed by atoms with Crippen molar-refractivity contribution in [1.29, 1.82) is 0 Å². The normalized spacial score (nSPS) is 13.7. The van der Waals surface area contributed by atoms with E-state index in [0.717, 1.165) is 5.57 Å². The number of ether oxygens (including phenoxy) is 2. The Morgan fingerprint density at radius 1 is 1.28 bits per heavy atom. The van der Waals surface area contributed by atoms with Gasteiger partial charge in [0, 0.05) is 6.08 Å². The molecule has 0 radical (unpaired) electrons. The van der Waals surface area contributed by atoms with E-state index in [-0.39, 0.29) is 24.5 Å². The number of rotatable bonds is 8. The van der Waals surface area contributed by atoms with E-state index in [1.54, 1.807) is 6.92 Å². The van der Waals surface area contributed by atoms with Crippen molar-refractivity contribution in [3.63, 3.8) is 0 Å². The minimum absolute atomic E-state index is 0.0134. The standard InChI is InChI=1S/C14H22O4/c1-5-17-14(16)9-11(2)7-6-8-13(4)18-10-12(3)15/h6-7,9,13H,5,8,10H2,1-4H3. The predicted molar refractivity (Wildman–Crippen MR) is 70.2 cm³/mol. The third-order valence-corrected chi connectivity index (χ3v) is 2.05. The van der Waals surface area contributed by atoms with Crippen molar-refractivity contribution in [2.75, 3.05) is 13.2 Å². The summed E-state index contributed by atoms with van der Waals surface area (Å²) < 4.78 is 10.1. The monoisotopic (exact) mass is 254 g/mol. The molecule has 0 aromatic carbocycles. The average Bonchev–Trinajstić information content (AvgIpc) is 2.26. The number of Topliss-reactive ketones (excluding diaryl/α,β-unsaturated/α-hetero) is 1. The highest BCUT2D eigenvalue weighted by molar-refractivity contribution is 5.83. The van der Waals surface area contributed by atoms with Crippen molar-refractivity contribution in [3.8, 4) is 0 Å². The molecule has 0 saturated heterocycles. The van der Waals surface area contributed by atoms with Gasteiger partial charge < -0.3 is 9.47 Å². The molecule has 4 heteroatoms. The number of hydrogen-bond donors (Lipinski definition) is 0. The van der Waals surface area contributed by atoms with Crippen LogP contribution in [0.1, 0.15) is 34.1 Å². The highest BCUT2D eigenvalue weighted by Crippen LogP contribution is 2.02. The average molecular weight is 254 g/mol. The Bertz CT molecular complexity index is 329. The molecule has 4 nitrogen and oxygen atoms in total. The number of carbonyl (C=O) groups is 2. The molecular formula is C14H22O4. The molecule has 102 valence electrons. The fourth-order valence-corrected chi connectivity index (χ4v) is 1.19. The fourth-order valence-electron chi connectivity index (χ4n) is 1.19. The van der Waals surface area contributed by atoms with Crippen LogP contribution in [0, 0.1) is 0 Å². The Hall–Kier alpha value is -1.42. The molecule has 0 amide bonds. The van der Waals surface area contributed by atoms with Gasteiger partial charge in [-0.2, -0.15) is 0 Å². The van der Waals surface area contributed by atoms with Crippen LogP contribution in [0.3, 0.4) is 0 Å². The molecule has 0 saturated carbocycles. The number of ketones is 1. The lowest BCUT2D eigenvalue weighted by Crippen LogP contribution is -2.12. The summed E-state index contributed by atoms with van der Waals surface area (Å²) in [4.78, 5) is 21.8. The first-order valence-corrected chi connectivity index (χ1v) is 6.08. The van der Waals surface area contributed by atoms with Crippen molar-refractivity contribution >= 4 is 11.8 Å². The molecule has 0 heterocycles. The highest BCUT2D eigenvalue weighted by atomic mass is 16.5. The van der Waals surface area contributed by atoms with E-state index >= 15 is 0 Å². The predicted octanol–water partition coefficient (Wildman–Crippen LogP) is 2.44. The van der Waals surface area contributed by atoms with Crippen LogP contribution >= 0.6 is 0 Å². The van der Waals surface area contributed by atoms with Gasteiger partial charge in [0.1, 0.15) is 6.61 Å². The van der Waals surface area contributed by atoms with Crippen LogP contribution in [-0.2, 0) is 19.1 Å². The second-order valence-corrected chi connectivity index (χ2v) is 4.10. The number of hydrogen-bond acceptors (Lipinski definition) is 4. The van der Waals surface area contributed by atoms with E-state index in [9.17, 15) is 9.59 Å². The number of carbonyl (C=O) groups excluding carboxylic acids is 2. The molecule has 0 aliphatic rings. The minimum Gasteiger partial charge on any atom is -0.463 e. The van der Waals surface area contributed by atoms with Gasteiger partial charge in [0.25, 0.3) is 0 Å². The van der Waals surface area contributed by atoms with Crippen LogP contribution < -0.4 is 0 Å². The van der Waals surface area contributed by atoms with E-state index in [1.165, 1.54) is 13.0 Å². The largest absolute Gasteiger partial charge is 0.463 e. The Balaban J connectivity index is 4.00. The van der Waals surface area contributed by atoms with Gasteiger partial charge in [0.05, 0.1) is 12.7 Å². The first-order chi connectivity index (χ1) is 8.45. The lowest BCUT2D eigenvalue weighted by molar-refractivity contribution is -0.137. The van der Waals surface area contributed by atoms with E-state index in [1.807, 2.05) is 26.0 Å². The maximum absolute atomic E-state index is 11.1. The Morgan fingerprint density at radius 3 is 2.50 bits per heavy atom. The van der Waals surface area contributed by atoms with Gasteiger partial charge in [-0.05, 0) is 39.7 Å². The van der Waals surface area contributed by atoms with Crippen LogP contribution in [0.2, 0.25) is 0 Å². The van der Waals surface area contributed by atoms with Crippen LogP contribution in [0.4, 0.5) is 0 Å². The van der Waals surface area contributed by atoms with E-state index in [0.29, 0.717) is 13.0 Å². The van der Waals surface area contributed by atoms with E-state index < -0.39 is 0 Å². The summed E-state index contributed by atoms with van der Waals surface area (Å²) in [5.74, 6) is -0.315. The summed E-state index contributed by atoms with van der Waals surface area (Å²) in [6.45, 7) is 7.51. The summed E-state index contributed by atoms with van der Waals surface area (Å²) in [7, 11) is 0. The first kappa shape index (κ1) is 16.6. The maximum atomic E-state index is 11.1. The molecule has 0 N–H and O–H groups in total. The van der Waals surface area contributed by atoms with Crippen molar-refractivity contribution in [1.82, 2.24) is 0 Å². The summed E-state index contributed by atoms with van der Waals surface area (Å²) in [6.07, 6.45) is 5.88. The third kappa shape index (κ3) is 9.78. The maximum Gasteiger partial charge on any atom is 0.330 e. The smallest absolute Gasteiger partial charge is 0.330 e. The quantitative estimate of drug-likeness (QED) is 0.379. The summed E-state index contributed by atoms with van der Waals surface area (Å²) in [5, 5.41) is 0. The molecule has 0 aliphatic heterocycles. The van der Waals surface area contributed by atoms with E-state index in [2.05, 4.69) is 0 Å². The molecular weight excluding hydrogens is 232 g/mol. The lowest BCUT2D eigenvalue weighted by Gasteiger charge is -2.08. The number of allylic oxidation sites excluding steroid dienone is 2. The molecule has 0 rings (SSSR count). The summed E-state index contributed by atoms with van der Waals surface area (Å²) >= 11 is 0. The first-order valence-electron chi connectivity index (χ1n) is 6.08. The van der Waals surface area contributed by atoms with Crippen LogP contribution in [0.15, 0.2) is 23.8 Å². The Labute approximate surface area is 109 Å². The zero-order valence-corrected chi connectivity index (χ0v) is 11.6. The van der Waals surface area contributed by atoms with Crippen LogP contribution in [-0.4, -0.2) is 31.1 Å². The van der Waals surface area contributed by atoms with Crippen LogP contribution in [0.5, 0.6) is 0 Å². The van der Waals surface area contributed by atoms with Crippen molar-refractivity contribution < 1.29 is 19.1 Å². The van der Waals surface area contributed by atoms with Gasteiger partial charge in [-0.15, -0.1) is 0 Å². The lowest BCUT2D eigenvalue weighted by atomic mass is 10.2. The Morgan fingerprint density at radius 2 is 1.94 bits per heavy atom.